The second-order valence-corrected chi connectivity index (χ2v) is 2.56. The van der Waals surface area contributed by atoms with Crippen molar-refractivity contribution in [2.45, 2.75) is 4.90 Å². The zero-order valence-corrected chi connectivity index (χ0v) is 5.84. The van der Waals surface area contributed by atoms with Crippen molar-refractivity contribution in [3.05, 3.63) is 18.5 Å². The summed E-state index contributed by atoms with van der Waals surface area (Å²) in [6.07, 6.45) is 4.87. The molecule has 1 aromatic rings. The molecule has 0 spiro atoms. The summed E-state index contributed by atoms with van der Waals surface area (Å²) in [5.74, 6) is 0. The lowest BCUT2D eigenvalue weighted by atomic mass is 10.4. The molecule has 0 amide bonds. The molecule has 4 heteroatoms. The smallest absolute Gasteiger partial charge is 0.192 e. The van der Waals surface area contributed by atoms with Crippen LogP contribution >= 0.6 is 12.0 Å². The summed E-state index contributed by atoms with van der Waals surface area (Å²) in [5, 5.41) is 0. The molecule has 0 saturated heterocycles. The van der Waals surface area contributed by atoms with E-state index in [1.807, 2.05) is 6.07 Å². The zero-order valence-electron chi connectivity index (χ0n) is 5.02. The second kappa shape index (κ2) is 2.30. The maximum Gasteiger partial charge on any atom is 0.192 e. The van der Waals surface area contributed by atoms with Gasteiger partial charge < -0.3 is 4.18 Å². The van der Waals surface area contributed by atoms with Gasteiger partial charge >= 0.3 is 0 Å². The van der Waals surface area contributed by atoms with E-state index in [1.54, 1.807) is 12.4 Å². The van der Waals surface area contributed by atoms with Crippen LogP contribution in [0.25, 0.3) is 0 Å². The third-order valence-corrected chi connectivity index (χ3v) is 1.81. The molecule has 0 radical (unpaired) electrons. The van der Waals surface area contributed by atoms with E-state index in [1.165, 1.54) is 18.4 Å². The summed E-state index contributed by atoms with van der Waals surface area (Å²) < 4.78 is 4.88. The van der Waals surface area contributed by atoms with Gasteiger partial charge in [0.25, 0.3) is 0 Å². The number of aromatic nitrogens is 1. The molecule has 3 nitrogen and oxygen atoms in total. The highest BCUT2D eigenvalue weighted by atomic mass is 32.2. The minimum Gasteiger partial charge on any atom is -0.408 e. The number of nitrogens with zero attached hydrogens (tertiary/aromatic N) is 2. The molecular weight excluding hydrogens is 148 g/mol. The van der Waals surface area contributed by atoms with Crippen molar-refractivity contribution in [1.29, 1.82) is 0 Å². The predicted molar refractivity (Wildman–Crippen MR) is 39.3 cm³/mol. The third kappa shape index (κ3) is 0.863. The van der Waals surface area contributed by atoms with Crippen molar-refractivity contribution in [3.63, 3.8) is 0 Å². The predicted octanol–water partition coefficient (Wildman–Crippen LogP) is 1.78. The first-order valence-electron chi connectivity index (χ1n) is 2.77. The summed E-state index contributed by atoms with van der Waals surface area (Å²) in [6.45, 7) is 0. The molecule has 1 aromatic heterocycles. The molecule has 2 heterocycles. The molecule has 10 heavy (non-hydrogen) atoms. The van der Waals surface area contributed by atoms with Crippen LogP contribution < -0.4 is 0 Å². The van der Waals surface area contributed by atoms with Gasteiger partial charge in [-0.3, -0.25) is 4.98 Å². The number of aliphatic imine (C=N–C) groups is 1. The molecule has 50 valence electrons. The topological polar surface area (TPSA) is 34.5 Å². The van der Waals surface area contributed by atoms with Gasteiger partial charge in [-0.25, -0.2) is 4.99 Å². The number of hydrogen-bond donors (Lipinski definition) is 0. The molecule has 2 rings (SSSR count). The quantitative estimate of drug-likeness (QED) is 0.531. The fourth-order valence-corrected chi connectivity index (χ4v) is 1.19. The van der Waals surface area contributed by atoms with Crippen LogP contribution in [0.3, 0.4) is 0 Å². The van der Waals surface area contributed by atoms with Gasteiger partial charge in [-0.2, -0.15) is 0 Å². The van der Waals surface area contributed by atoms with Gasteiger partial charge in [-0.15, -0.1) is 0 Å². The van der Waals surface area contributed by atoms with Gasteiger partial charge in [-0.1, -0.05) is 0 Å². The Hall–Kier alpha value is -1.03. The highest BCUT2D eigenvalue weighted by Crippen LogP contribution is 2.31. The molecule has 0 aromatic carbocycles. The van der Waals surface area contributed by atoms with E-state index in [9.17, 15) is 0 Å². The monoisotopic (exact) mass is 152 g/mol. The molecular formula is C6H4N2OS. The van der Waals surface area contributed by atoms with Gasteiger partial charge in [0.05, 0.1) is 22.6 Å². The molecule has 1 aliphatic heterocycles. The van der Waals surface area contributed by atoms with E-state index in [-0.39, 0.29) is 0 Å². The number of pyridine rings is 1. The van der Waals surface area contributed by atoms with E-state index < -0.39 is 0 Å². The summed E-state index contributed by atoms with van der Waals surface area (Å²) in [4.78, 5) is 8.87. The fraction of sp³-hybridized carbons (Fsp3) is 0. The molecule has 1 aliphatic rings. The normalized spacial score (nSPS) is 14.0. The number of fused-ring (bicyclic) bond motifs is 1. The summed E-state index contributed by atoms with van der Waals surface area (Å²) in [5.41, 5.74) is 0.922. The van der Waals surface area contributed by atoms with Crippen molar-refractivity contribution in [2.24, 2.45) is 4.99 Å². The molecule has 0 saturated carbocycles. The van der Waals surface area contributed by atoms with E-state index >= 15 is 0 Å². The minimum atomic E-state index is 0.922. The first-order valence-corrected chi connectivity index (χ1v) is 3.51. The van der Waals surface area contributed by atoms with Crippen LogP contribution in [0.4, 0.5) is 5.69 Å². The van der Waals surface area contributed by atoms with Crippen molar-refractivity contribution in [1.82, 2.24) is 4.98 Å². The Morgan fingerprint density at radius 2 is 2.50 bits per heavy atom. The van der Waals surface area contributed by atoms with Crippen LogP contribution in [-0.4, -0.2) is 11.4 Å². The Bertz CT molecular complexity index is 274. The van der Waals surface area contributed by atoms with Crippen molar-refractivity contribution in [2.75, 3.05) is 0 Å². The summed E-state index contributed by atoms with van der Waals surface area (Å²) in [7, 11) is 0. The van der Waals surface area contributed by atoms with Gasteiger partial charge in [-0.05, 0) is 6.07 Å². The van der Waals surface area contributed by atoms with E-state index in [4.69, 9.17) is 4.18 Å². The Morgan fingerprint density at radius 1 is 1.50 bits per heavy atom. The average molecular weight is 152 g/mol. The lowest BCUT2D eigenvalue weighted by Crippen LogP contribution is -1.85. The van der Waals surface area contributed by atoms with Crippen LogP contribution in [0.5, 0.6) is 0 Å². The molecule has 0 aliphatic carbocycles. The van der Waals surface area contributed by atoms with E-state index in [2.05, 4.69) is 9.98 Å². The zero-order chi connectivity index (χ0) is 6.81. The van der Waals surface area contributed by atoms with E-state index in [0.29, 0.717) is 0 Å². The summed E-state index contributed by atoms with van der Waals surface area (Å²) >= 11 is 1.28. The van der Waals surface area contributed by atoms with Gasteiger partial charge in [0.2, 0.25) is 0 Å². The third-order valence-electron chi connectivity index (χ3n) is 1.14. The largest absolute Gasteiger partial charge is 0.408 e. The minimum absolute atomic E-state index is 0.922. The Morgan fingerprint density at radius 3 is 3.40 bits per heavy atom. The van der Waals surface area contributed by atoms with Crippen molar-refractivity contribution >= 4 is 24.1 Å². The molecule has 0 atom stereocenters. The molecule has 0 N–H and O–H groups in total. The van der Waals surface area contributed by atoms with Crippen molar-refractivity contribution < 1.29 is 4.18 Å². The van der Waals surface area contributed by atoms with Gasteiger partial charge in [0, 0.05) is 12.4 Å². The average Bonchev–Trinajstić information content (AvgIpc) is 2.05. The first-order chi connectivity index (χ1) is 4.97. The molecule has 0 bridgehead atoms. The van der Waals surface area contributed by atoms with E-state index in [0.717, 1.165) is 10.6 Å². The Labute approximate surface area is 62.4 Å². The summed E-state index contributed by atoms with van der Waals surface area (Å²) in [6, 6.07) is 1.85. The highest BCUT2D eigenvalue weighted by molar-refractivity contribution is 7.95. The van der Waals surface area contributed by atoms with Gasteiger partial charge in [0.15, 0.2) is 6.40 Å². The standard InChI is InChI=1S/C6H4N2OS/c1-2-7-3-6-5(1)8-4-9-10-6/h1-4H. The Balaban J connectivity index is 2.54. The number of hydrogen-bond acceptors (Lipinski definition) is 4. The van der Waals surface area contributed by atoms with Crippen LogP contribution in [0.15, 0.2) is 28.3 Å². The maximum absolute atomic E-state index is 4.88. The highest BCUT2D eigenvalue weighted by Gasteiger charge is 2.05. The van der Waals surface area contributed by atoms with Crippen LogP contribution in [0.2, 0.25) is 0 Å². The van der Waals surface area contributed by atoms with Crippen LogP contribution in [-0.2, 0) is 4.18 Å². The maximum atomic E-state index is 4.88. The first kappa shape index (κ1) is 5.73. The van der Waals surface area contributed by atoms with Crippen molar-refractivity contribution in [3.8, 4) is 0 Å². The lowest BCUT2D eigenvalue weighted by molar-refractivity contribution is 0.666. The lowest BCUT2D eigenvalue weighted by Gasteiger charge is -2.05. The van der Waals surface area contributed by atoms with Crippen LogP contribution in [0, 0.1) is 0 Å². The van der Waals surface area contributed by atoms with Gasteiger partial charge in [0.1, 0.15) is 0 Å². The second-order valence-electron chi connectivity index (χ2n) is 1.76. The fourth-order valence-electron chi connectivity index (χ4n) is 0.695. The van der Waals surface area contributed by atoms with Crippen LogP contribution in [0.1, 0.15) is 0 Å². The molecule has 0 unspecified atom stereocenters. The SMILES string of the molecule is C1=Nc2ccncc2SO1. The Kier molecular flexibility index (Phi) is 1.32. The number of rotatable bonds is 0. The molecule has 0 fully saturated rings.